The second kappa shape index (κ2) is 5.89. The fourth-order valence-electron chi connectivity index (χ4n) is 3.01. The maximum atomic E-state index is 12.3. The van der Waals surface area contributed by atoms with Crippen LogP contribution in [-0.4, -0.2) is 49.3 Å². The number of carbonyl (C=O) groups is 1. The molecule has 0 spiro atoms. The average molecular weight is 255 g/mol. The van der Waals surface area contributed by atoms with Crippen molar-refractivity contribution >= 4 is 6.03 Å². The molecule has 0 aromatic heterocycles. The Kier molecular flexibility index (Phi) is 4.45. The van der Waals surface area contributed by atoms with E-state index in [9.17, 15) is 4.79 Å². The lowest BCUT2D eigenvalue weighted by molar-refractivity contribution is 0.0478. The third-order valence-corrected chi connectivity index (χ3v) is 4.47. The minimum Gasteiger partial charge on any atom is -0.378 e. The number of urea groups is 1. The highest BCUT2D eigenvalue weighted by molar-refractivity contribution is 5.75. The quantitative estimate of drug-likeness (QED) is 0.771. The van der Waals surface area contributed by atoms with Crippen molar-refractivity contribution in [1.29, 1.82) is 0 Å². The van der Waals surface area contributed by atoms with Gasteiger partial charge in [0.05, 0.1) is 18.8 Å². The molecule has 2 amide bonds. The van der Waals surface area contributed by atoms with Gasteiger partial charge in [0.2, 0.25) is 0 Å². The first kappa shape index (κ1) is 13.6. The molecule has 5 heteroatoms. The summed E-state index contributed by atoms with van der Waals surface area (Å²) in [7, 11) is 0. The van der Waals surface area contributed by atoms with E-state index in [0.29, 0.717) is 38.8 Å². The molecule has 104 valence electrons. The number of carbonyl (C=O) groups excluding carboxylic acids is 1. The van der Waals surface area contributed by atoms with Crippen LogP contribution in [0.25, 0.3) is 0 Å². The molecule has 0 aromatic rings. The standard InChI is InChI=1S/C13H25N3O2/c1-11-4-2-3-5-13(11,10-14)15-12(17)16-6-8-18-9-7-16/h11H,2-10,14H2,1H3,(H,15,17). The van der Waals surface area contributed by atoms with Crippen LogP contribution in [0.4, 0.5) is 4.79 Å². The summed E-state index contributed by atoms with van der Waals surface area (Å²) < 4.78 is 5.27. The van der Waals surface area contributed by atoms with Gasteiger partial charge in [-0.2, -0.15) is 0 Å². The average Bonchev–Trinajstić information content (AvgIpc) is 2.42. The van der Waals surface area contributed by atoms with Gasteiger partial charge in [0, 0.05) is 19.6 Å². The molecule has 1 heterocycles. The van der Waals surface area contributed by atoms with Crippen molar-refractivity contribution in [3.63, 3.8) is 0 Å². The van der Waals surface area contributed by atoms with Crippen molar-refractivity contribution < 1.29 is 9.53 Å². The molecule has 2 aliphatic rings. The second-order valence-corrected chi connectivity index (χ2v) is 5.54. The number of morpholine rings is 1. The summed E-state index contributed by atoms with van der Waals surface area (Å²) in [6.45, 7) is 5.37. The molecule has 0 radical (unpaired) electrons. The van der Waals surface area contributed by atoms with Gasteiger partial charge >= 0.3 is 6.03 Å². The van der Waals surface area contributed by atoms with Crippen molar-refractivity contribution in [3.05, 3.63) is 0 Å². The van der Waals surface area contributed by atoms with Crippen LogP contribution >= 0.6 is 0 Å². The Balaban J connectivity index is 1.98. The van der Waals surface area contributed by atoms with Crippen molar-refractivity contribution in [3.8, 4) is 0 Å². The molecule has 2 atom stereocenters. The monoisotopic (exact) mass is 255 g/mol. The van der Waals surface area contributed by atoms with E-state index in [1.54, 1.807) is 0 Å². The summed E-state index contributed by atoms with van der Waals surface area (Å²) in [5, 5.41) is 3.21. The fourth-order valence-corrected chi connectivity index (χ4v) is 3.01. The van der Waals surface area contributed by atoms with Gasteiger partial charge in [0.1, 0.15) is 0 Å². The lowest BCUT2D eigenvalue weighted by atomic mass is 9.73. The normalized spacial score (nSPS) is 33.2. The number of rotatable bonds is 2. The van der Waals surface area contributed by atoms with Gasteiger partial charge in [-0.1, -0.05) is 19.8 Å². The van der Waals surface area contributed by atoms with Gasteiger partial charge in [-0.3, -0.25) is 0 Å². The smallest absolute Gasteiger partial charge is 0.318 e. The predicted octanol–water partition coefficient (Wildman–Crippen LogP) is 0.936. The first-order valence-corrected chi connectivity index (χ1v) is 7.03. The molecular formula is C13H25N3O2. The number of nitrogens with two attached hydrogens (primary N) is 1. The number of nitrogens with zero attached hydrogens (tertiary/aromatic N) is 1. The minimum absolute atomic E-state index is 0.0255. The molecule has 1 saturated heterocycles. The highest BCUT2D eigenvalue weighted by atomic mass is 16.5. The largest absolute Gasteiger partial charge is 0.378 e. The van der Waals surface area contributed by atoms with Gasteiger partial charge in [0.25, 0.3) is 0 Å². The lowest BCUT2D eigenvalue weighted by Crippen LogP contribution is -2.62. The molecule has 1 saturated carbocycles. The van der Waals surface area contributed by atoms with Gasteiger partial charge in [-0.05, 0) is 18.8 Å². The summed E-state index contributed by atoms with van der Waals surface area (Å²) in [4.78, 5) is 14.1. The molecule has 2 fully saturated rings. The van der Waals surface area contributed by atoms with Crippen molar-refractivity contribution in [2.75, 3.05) is 32.8 Å². The Morgan fingerprint density at radius 3 is 2.78 bits per heavy atom. The summed E-state index contributed by atoms with van der Waals surface area (Å²) >= 11 is 0. The molecule has 5 nitrogen and oxygen atoms in total. The third kappa shape index (κ3) is 2.78. The van der Waals surface area contributed by atoms with Gasteiger partial charge < -0.3 is 20.7 Å². The Labute approximate surface area is 109 Å². The molecule has 2 unspecified atom stereocenters. The van der Waals surface area contributed by atoms with E-state index in [1.165, 1.54) is 6.42 Å². The topological polar surface area (TPSA) is 67.6 Å². The molecule has 1 aliphatic heterocycles. The maximum Gasteiger partial charge on any atom is 0.318 e. The summed E-state index contributed by atoms with van der Waals surface area (Å²) in [5.41, 5.74) is 5.75. The lowest BCUT2D eigenvalue weighted by Gasteiger charge is -2.44. The second-order valence-electron chi connectivity index (χ2n) is 5.54. The number of ether oxygens (including phenoxy) is 1. The Morgan fingerprint density at radius 1 is 1.44 bits per heavy atom. The molecule has 0 aromatic carbocycles. The van der Waals surface area contributed by atoms with Crippen LogP contribution in [0.3, 0.4) is 0 Å². The van der Waals surface area contributed by atoms with Gasteiger partial charge in [-0.25, -0.2) is 4.79 Å². The van der Waals surface area contributed by atoms with Crippen LogP contribution in [0.5, 0.6) is 0 Å². The summed E-state index contributed by atoms with van der Waals surface area (Å²) in [5.74, 6) is 0.459. The zero-order valence-corrected chi connectivity index (χ0v) is 11.3. The van der Waals surface area contributed by atoms with E-state index < -0.39 is 0 Å². The van der Waals surface area contributed by atoms with Crippen LogP contribution in [0.2, 0.25) is 0 Å². The number of hydrogen-bond donors (Lipinski definition) is 2. The predicted molar refractivity (Wildman–Crippen MR) is 70.3 cm³/mol. The zero-order valence-electron chi connectivity index (χ0n) is 11.3. The van der Waals surface area contributed by atoms with Crippen LogP contribution in [0.1, 0.15) is 32.6 Å². The number of hydrogen-bond acceptors (Lipinski definition) is 3. The summed E-state index contributed by atoms with van der Waals surface area (Å²) in [6.07, 6.45) is 4.56. The molecular weight excluding hydrogens is 230 g/mol. The first-order chi connectivity index (χ1) is 8.68. The van der Waals surface area contributed by atoms with Crippen LogP contribution in [0.15, 0.2) is 0 Å². The maximum absolute atomic E-state index is 12.3. The van der Waals surface area contributed by atoms with Crippen LogP contribution < -0.4 is 11.1 Å². The summed E-state index contributed by atoms with van der Waals surface area (Å²) in [6, 6.07) is 0.0255. The SMILES string of the molecule is CC1CCCCC1(CN)NC(=O)N1CCOCC1. The molecule has 2 rings (SSSR count). The van der Waals surface area contributed by atoms with Crippen LogP contribution in [0, 0.1) is 5.92 Å². The van der Waals surface area contributed by atoms with E-state index in [1.807, 2.05) is 4.90 Å². The number of nitrogens with one attached hydrogen (secondary N) is 1. The zero-order chi connectivity index (χ0) is 13.0. The van der Waals surface area contributed by atoms with E-state index in [2.05, 4.69) is 12.2 Å². The van der Waals surface area contributed by atoms with E-state index in [0.717, 1.165) is 19.3 Å². The van der Waals surface area contributed by atoms with Gasteiger partial charge in [0.15, 0.2) is 0 Å². The molecule has 1 aliphatic carbocycles. The van der Waals surface area contributed by atoms with Gasteiger partial charge in [-0.15, -0.1) is 0 Å². The van der Waals surface area contributed by atoms with Crippen molar-refractivity contribution in [2.24, 2.45) is 11.7 Å². The highest BCUT2D eigenvalue weighted by Gasteiger charge is 2.39. The molecule has 18 heavy (non-hydrogen) atoms. The third-order valence-electron chi connectivity index (χ3n) is 4.47. The van der Waals surface area contributed by atoms with E-state index >= 15 is 0 Å². The van der Waals surface area contributed by atoms with Crippen LogP contribution in [-0.2, 0) is 4.74 Å². The fraction of sp³-hybridized carbons (Fsp3) is 0.923. The number of amides is 2. The molecule has 0 bridgehead atoms. The Hall–Kier alpha value is -0.810. The minimum atomic E-state index is -0.201. The van der Waals surface area contributed by atoms with E-state index in [-0.39, 0.29) is 11.6 Å². The highest BCUT2D eigenvalue weighted by Crippen LogP contribution is 2.33. The Morgan fingerprint density at radius 2 is 2.17 bits per heavy atom. The van der Waals surface area contributed by atoms with Crippen molar-refractivity contribution in [1.82, 2.24) is 10.2 Å². The van der Waals surface area contributed by atoms with E-state index in [4.69, 9.17) is 10.5 Å². The molecule has 3 N–H and O–H groups in total. The first-order valence-electron chi connectivity index (χ1n) is 7.03. The van der Waals surface area contributed by atoms with Crippen molar-refractivity contribution in [2.45, 2.75) is 38.1 Å². The Bertz CT molecular complexity index is 292.